The van der Waals surface area contributed by atoms with Gasteiger partial charge in [0, 0.05) is 5.56 Å². The van der Waals surface area contributed by atoms with Crippen LogP contribution in [0.15, 0.2) is 93.2 Å². The minimum Gasteiger partial charge on any atom is -0.496 e. The average Bonchev–Trinajstić information content (AvgIpc) is 2.96. The topological polar surface area (TPSA) is 65.7 Å². The number of methoxy groups -OCH3 is 1. The molecule has 0 aliphatic heterocycles. The molecule has 1 heterocycles. The molecule has 0 radical (unpaired) electrons. The molecule has 1 aromatic heterocycles. The SMILES string of the molecule is COc1cc(C)c(-c2nc3ccccc3c(=O)n2N=Cc2ccc(OCc3cccc(C)c3)c(Br)c2)cc1C(C)C. The highest BCUT2D eigenvalue weighted by Crippen LogP contribution is 2.34. The second-order valence-corrected chi connectivity index (χ2v) is 11.2. The van der Waals surface area contributed by atoms with Crippen LogP contribution in [-0.4, -0.2) is 23.0 Å². The lowest BCUT2D eigenvalue weighted by atomic mass is 9.96. The summed E-state index contributed by atoms with van der Waals surface area (Å²) in [6.07, 6.45) is 1.67. The molecule has 208 valence electrons. The fourth-order valence-electron chi connectivity index (χ4n) is 4.77. The van der Waals surface area contributed by atoms with Gasteiger partial charge >= 0.3 is 0 Å². The molecule has 7 heteroatoms. The summed E-state index contributed by atoms with van der Waals surface area (Å²) in [5.41, 5.74) is 6.30. The number of benzene rings is 4. The third kappa shape index (κ3) is 6.10. The number of rotatable bonds is 8. The van der Waals surface area contributed by atoms with Crippen LogP contribution in [0.5, 0.6) is 11.5 Å². The third-order valence-corrected chi connectivity index (χ3v) is 7.57. The summed E-state index contributed by atoms with van der Waals surface area (Å²) in [5.74, 6) is 2.24. The van der Waals surface area contributed by atoms with Crippen molar-refractivity contribution in [2.45, 2.75) is 40.2 Å². The van der Waals surface area contributed by atoms with Gasteiger partial charge in [-0.3, -0.25) is 4.79 Å². The van der Waals surface area contributed by atoms with Gasteiger partial charge in [0.25, 0.3) is 5.56 Å². The van der Waals surface area contributed by atoms with E-state index in [0.717, 1.165) is 43.8 Å². The van der Waals surface area contributed by atoms with E-state index in [-0.39, 0.29) is 11.5 Å². The van der Waals surface area contributed by atoms with Crippen LogP contribution in [0, 0.1) is 13.8 Å². The van der Waals surface area contributed by atoms with Crippen LogP contribution < -0.4 is 15.0 Å². The van der Waals surface area contributed by atoms with Crippen LogP contribution in [0.3, 0.4) is 0 Å². The number of halogens is 1. The number of hydrogen-bond donors (Lipinski definition) is 0. The van der Waals surface area contributed by atoms with Crippen LogP contribution in [0.1, 0.15) is 47.6 Å². The van der Waals surface area contributed by atoms with Crippen molar-refractivity contribution in [2.24, 2.45) is 5.10 Å². The number of hydrogen-bond acceptors (Lipinski definition) is 5. The summed E-state index contributed by atoms with van der Waals surface area (Å²) in [6.45, 7) is 8.75. The predicted molar refractivity (Wildman–Crippen MR) is 169 cm³/mol. The van der Waals surface area contributed by atoms with Crippen molar-refractivity contribution >= 4 is 33.0 Å². The molecule has 41 heavy (non-hydrogen) atoms. The Hall–Kier alpha value is -4.23. The van der Waals surface area contributed by atoms with Gasteiger partial charge in [-0.2, -0.15) is 9.78 Å². The van der Waals surface area contributed by atoms with Gasteiger partial charge in [0.05, 0.1) is 28.7 Å². The second-order valence-electron chi connectivity index (χ2n) is 10.3. The molecular formula is C34H32BrN3O3. The molecule has 0 saturated heterocycles. The molecule has 5 aromatic rings. The van der Waals surface area contributed by atoms with Crippen molar-refractivity contribution < 1.29 is 9.47 Å². The normalized spacial score (nSPS) is 11.5. The Balaban J connectivity index is 1.54. The maximum Gasteiger partial charge on any atom is 0.282 e. The van der Waals surface area contributed by atoms with E-state index in [4.69, 9.17) is 14.5 Å². The van der Waals surface area contributed by atoms with Gasteiger partial charge in [0.15, 0.2) is 5.82 Å². The molecule has 0 N–H and O–H groups in total. The summed E-state index contributed by atoms with van der Waals surface area (Å²) >= 11 is 3.62. The van der Waals surface area contributed by atoms with Gasteiger partial charge in [-0.25, -0.2) is 4.98 Å². The summed E-state index contributed by atoms with van der Waals surface area (Å²) in [5, 5.41) is 5.16. The summed E-state index contributed by atoms with van der Waals surface area (Å²) < 4.78 is 13.9. The fourth-order valence-corrected chi connectivity index (χ4v) is 5.29. The first-order chi connectivity index (χ1) is 19.7. The van der Waals surface area contributed by atoms with Crippen molar-refractivity contribution in [3.05, 3.63) is 122 Å². The monoisotopic (exact) mass is 609 g/mol. The van der Waals surface area contributed by atoms with E-state index in [2.05, 4.69) is 60.0 Å². The smallest absolute Gasteiger partial charge is 0.282 e. The number of nitrogens with zero attached hydrogens (tertiary/aromatic N) is 3. The maximum absolute atomic E-state index is 13.7. The van der Waals surface area contributed by atoms with E-state index in [0.29, 0.717) is 23.3 Å². The van der Waals surface area contributed by atoms with E-state index in [1.165, 1.54) is 10.2 Å². The third-order valence-electron chi connectivity index (χ3n) is 6.95. The lowest BCUT2D eigenvalue weighted by molar-refractivity contribution is 0.304. The fraction of sp³-hybridized carbons (Fsp3) is 0.206. The number of aryl methyl sites for hydroxylation is 2. The second kappa shape index (κ2) is 12.1. The van der Waals surface area contributed by atoms with Gasteiger partial charge < -0.3 is 9.47 Å². The summed E-state index contributed by atoms with van der Waals surface area (Å²) in [7, 11) is 1.67. The first-order valence-electron chi connectivity index (χ1n) is 13.5. The number of ether oxygens (including phenoxy) is 2. The lowest BCUT2D eigenvalue weighted by Crippen LogP contribution is -2.20. The van der Waals surface area contributed by atoms with Crippen LogP contribution in [0.4, 0.5) is 0 Å². The van der Waals surface area contributed by atoms with E-state index >= 15 is 0 Å². The van der Waals surface area contributed by atoms with Crippen LogP contribution in [0.2, 0.25) is 0 Å². The maximum atomic E-state index is 13.7. The Morgan fingerprint density at radius 2 is 1.78 bits per heavy atom. The van der Waals surface area contributed by atoms with Crippen LogP contribution in [0.25, 0.3) is 22.3 Å². The van der Waals surface area contributed by atoms with Gasteiger partial charge in [-0.1, -0.05) is 55.8 Å². The zero-order valence-electron chi connectivity index (χ0n) is 23.8. The van der Waals surface area contributed by atoms with Gasteiger partial charge in [-0.05, 0) is 100 Å². The molecule has 0 aliphatic rings. The molecule has 0 atom stereocenters. The van der Waals surface area contributed by atoms with E-state index < -0.39 is 0 Å². The Kier molecular flexibility index (Phi) is 8.36. The molecule has 0 bridgehead atoms. The predicted octanol–water partition coefficient (Wildman–Crippen LogP) is 8.04. The first-order valence-corrected chi connectivity index (χ1v) is 14.3. The molecule has 0 unspecified atom stereocenters. The molecule has 5 rings (SSSR count). The minimum atomic E-state index is -0.236. The molecule has 0 saturated carbocycles. The highest BCUT2D eigenvalue weighted by molar-refractivity contribution is 9.10. The molecule has 0 spiro atoms. The van der Waals surface area contributed by atoms with Crippen LogP contribution in [-0.2, 0) is 6.61 Å². The minimum absolute atomic E-state index is 0.220. The molecule has 0 aliphatic carbocycles. The molecule has 0 amide bonds. The molecule has 0 fully saturated rings. The van der Waals surface area contributed by atoms with Gasteiger partial charge in [-0.15, -0.1) is 0 Å². The standard InChI is InChI=1S/C34H32BrN3O3/c1-21(2)27-18-28(23(4)16-32(27)40-5)33-37-30-12-7-6-11-26(30)34(39)38(33)36-19-24-13-14-31(29(35)17-24)41-20-25-10-8-9-22(3)15-25/h6-19,21H,20H2,1-5H3. The first kappa shape index (κ1) is 28.3. The zero-order valence-corrected chi connectivity index (χ0v) is 25.4. The average molecular weight is 611 g/mol. The summed E-state index contributed by atoms with van der Waals surface area (Å²) in [4.78, 5) is 18.6. The van der Waals surface area contributed by atoms with Crippen molar-refractivity contribution in [1.82, 2.24) is 9.66 Å². The molecule has 6 nitrogen and oxygen atoms in total. The van der Waals surface area contributed by atoms with Crippen molar-refractivity contribution in [1.29, 1.82) is 0 Å². The zero-order chi connectivity index (χ0) is 29.1. The highest BCUT2D eigenvalue weighted by Gasteiger charge is 2.18. The molecular weight excluding hydrogens is 578 g/mol. The van der Waals surface area contributed by atoms with E-state index in [1.807, 2.05) is 61.5 Å². The van der Waals surface area contributed by atoms with Gasteiger partial charge in [0.2, 0.25) is 0 Å². The quantitative estimate of drug-likeness (QED) is 0.167. The number of aromatic nitrogens is 2. The largest absolute Gasteiger partial charge is 0.496 e. The van der Waals surface area contributed by atoms with Crippen LogP contribution >= 0.6 is 15.9 Å². The Bertz CT molecular complexity index is 1830. The molecule has 4 aromatic carbocycles. The van der Waals surface area contributed by atoms with E-state index in [9.17, 15) is 4.79 Å². The van der Waals surface area contributed by atoms with Crippen molar-refractivity contribution in [3.63, 3.8) is 0 Å². The van der Waals surface area contributed by atoms with Crippen molar-refractivity contribution in [3.8, 4) is 22.9 Å². The number of para-hydroxylation sites is 1. The Morgan fingerprint density at radius 3 is 2.51 bits per heavy atom. The van der Waals surface area contributed by atoms with E-state index in [1.54, 1.807) is 19.4 Å². The Morgan fingerprint density at radius 1 is 0.976 bits per heavy atom. The number of fused-ring (bicyclic) bond motifs is 1. The lowest BCUT2D eigenvalue weighted by Gasteiger charge is -2.17. The summed E-state index contributed by atoms with van der Waals surface area (Å²) in [6, 6.07) is 25.4. The van der Waals surface area contributed by atoms with Crippen molar-refractivity contribution in [2.75, 3.05) is 7.11 Å². The van der Waals surface area contributed by atoms with Gasteiger partial charge in [0.1, 0.15) is 18.1 Å². The highest BCUT2D eigenvalue weighted by atomic mass is 79.9. The Labute approximate surface area is 248 Å².